The largest absolute Gasteiger partial charge is 0.482 e. The summed E-state index contributed by atoms with van der Waals surface area (Å²) in [6.45, 7) is 4.46. The molecule has 0 unspecified atom stereocenters. The van der Waals surface area contributed by atoms with Crippen LogP contribution in [-0.2, 0) is 4.79 Å². The summed E-state index contributed by atoms with van der Waals surface area (Å²) < 4.78 is 6.38. The maximum Gasteiger partial charge on any atom is 0.258 e. The van der Waals surface area contributed by atoms with E-state index in [2.05, 4.69) is 35.1 Å². The molecule has 0 heterocycles. The Morgan fingerprint density at radius 3 is 2.90 bits per heavy atom. The fourth-order valence-electron chi connectivity index (χ4n) is 2.77. The molecule has 0 saturated heterocycles. The van der Waals surface area contributed by atoms with E-state index >= 15 is 0 Å². The van der Waals surface area contributed by atoms with Crippen LogP contribution in [0.2, 0.25) is 5.02 Å². The van der Waals surface area contributed by atoms with Crippen LogP contribution >= 0.6 is 27.5 Å². The van der Waals surface area contributed by atoms with Crippen LogP contribution in [0.25, 0.3) is 0 Å². The lowest BCUT2D eigenvalue weighted by Crippen LogP contribution is -2.45. The van der Waals surface area contributed by atoms with Crippen molar-refractivity contribution < 1.29 is 9.53 Å². The molecule has 0 bridgehead atoms. The molecule has 3 nitrogen and oxygen atoms in total. The van der Waals surface area contributed by atoms with Gasteiger partial charge in [0.05, 0.1) is 5.02 Å². The Labute approximate surface area is 139 Å². The first-order chi connectivity index (χ1) is 9.97. The summed E-state index contributed by atoms with van der Waals surface area (Å²) in [7, 11) is 0. The van der Waals surface area contributed by atoms with Crippen LogP contribution in [0, 0.1) is 11.8 Å². The first-order valence-corrected chi connectivity index (χ1v) is 8.51. The highest BCUT2D eigenvalue weighted by Crippen LogP contribution is 2.30. The van der Waals surface area contributed by atoms with E-state index in [1.54, 1.807) is 12.1 Å². The number of amides is 1. The van der Waals surface area contributed by atoms with E-state index in [0.717, 1.165) is 10.9 Å². The number of nitrogens with one attached hydrogen (secondary N) is 1. The number of hydrogen-bond acceptors (Lipinski definition) is 2. The monoisotopic (exact) mass is 373 g/mol. The Bertz CT molecular complexity index is 509. The smallest absolute Gasteiger partial charge is 0.258 e. The summed E-state index contributed by atoms with van der Waals surface area (Å²) in [5, 5.41) is 3.58. The van der Waals surface area contributed by atoms with Gasteiger partial charge in [0, 0.05) is 10.5 Å². The van der Waals surface area contributed by atoms with Crippen molar-refractivity contribution in [2.45, 2.75) is 39.2 Å². The molecular weight excluding hydrogens is 354 g/mol. The van der Waals surface area contributed by atoms with Crippen molar-refractivity contribution in [3.05, 3.63) is 27.7 Å². The molecule has 0 aromatic heterocycles. The van der Waals surface area contributed by atoms with E-state index in [1.165, 1.54) is 12.8 Å². The minimum atomic E-state index is -0.0834. The Balaban J connectivity index is 1.84. The van der Waals surface area contributed by atoms with Gasteiger partial charge in [-0.1, -0.05) is 54.2 Å². The molecule has 5 heteroatoms. The summed E-state index contributed by atoms with van der Waals surface area (Å²) >= 11 is 9.40. The molecule has 1 aliphatic carbocycles. The second kappa shape index (κ2) is 7.50. The predicted octanol–water partition coefficient (Wildman–Crippen LogP) is 4.42. The molecule has 1 aromatic carbocycles. The van der Waals surface area contributed by atoms with Gasteiger partial charge in [-0.2, -0.15) is 0 Å². The molecule has 116 valence electrons. The number of halogens is 2. The quantitative estimate of drug-likeness (QED) is 0.847. The molecule has 1 aliphatic rings. The fourth-order valence-corrected chi connectivity index (χ4v) is 3.50. The molecule has 1 saturated carbocycles. The molecule has 3 atom stereocenters. The molecular formula is C16H21BrClNO2. The van der Waals surface area contributed by atoms with Crippen molar-refractivity contribution in [3.8, 4) is 5.75 Å². The van der Waals surface area contributed by atoms with Gasteiger partial charge in [-0.05, 0) is 36.5 Å². The van der Waals surface area contributed by atoms with Crippen LogP contribution in [0.3, 0.4) is 0 Å². The van der Waals surface area contributed by atoms with Crippen molar-refractivity contribution in [1.82, 2.24) is 5.32 Å². The zero-order valence-electron chi connectivity index (χ0n) is 12.4. The topological polar surface area (TPSA) is 38.3 Å². The Morgan fingerprint density at radius 1 is 1.43 bits per heavy atom. The van der Waals surface area contributed by atoms with Crippen LogP contribution < -0.4 is 10.1 Å². The molecule has 1 fully saturated rings. The van der Waals surface area contributed by atoms with Crippen molar-refractivity contribution in [2.24, 2.45) is 11.8 Å². The average Bonchev–Trinajstić information content (AvgIpc) is 2.43. The lowest BCUT2D eigenvalue weighted by Gasteiger charge is -2.34. The van der Waals surface area contributed by atoms with E-state index in [1.807, 2.05) is 6.07 Å². The zero-order chi connectivity index (χ0) is 15.4. The lowest BCUT2D eigenvalue weighted by atomic mass is 9.78. The van der Waals surface area contributed by atoms with E-state index in [-0.39, 0.29) is 18.6 Å². The maximum atomic E-state index is 12.0. The molecule has 1 amide bonds. The average molecular weight is 375 g/mol. The SMILES string of the molecule is C[C@@H]1[C@H](C)CCC[C@H]1NC(=O)COc1ccc(Br)cc1Cl. The molecule has 1 aromatic rings. The second-order valence-electron chi connectivity index (χ2n) is 5.80. The minimum Gasteiger partial charge on any atom is -0.482 e. The van der Waals surface area contributed by atoms with Gasteiger partial charge in [-0.15, -0.1) is 0 Å². The summed E-state index contributed by atoms with van der Waals surface area (Å²) in [5.74, 6) is 1.62. The lowest BCUT2D eigenvalue weighted by molar-refractivity contribution is -0.124. The van der Waals surface area contributed by atoms with Gasteiger partial charge in [0.1, 0.15) is 5.75 Å². The Kier molecular flexibility index (Phi) is 5.94. The standard InChI is InChI=1S/C16H21BrClNO2/c1-10-4-3-5-14(11(10)2)19-16(20)9-21-15-7-6-12(17)8-13(15)18/h6-8,10-11,14H,3-5,9H2,1-2H3,(H,19,20)/t10-,11-,14-/m1/s1. The summed E-state index contributed by atoms with van der Waals surface area (Å²) in [4.78, 5) is 12.0. The van der Waals surface area contributed by atoms with E-state index < -0.39 is 0 Å². The summed E-state index contributed by atoms with van der Waals surface area (Å²) in [5.41, 5.74) is 0. The maximum absolute atomic E-state index is 12.0. The van der Waals surface area contributed by atoms with Crippen molar-refractivity contribution in [3.63, 3.8) is 0 Å². The number of hydrogen-bond donors (Lipinski definition) is 1. The van der Waals surface area contributed by atoms with E-state index in [0.29, 0.717) is 22.6 Å². The molecule has 21 heavy (non-hydrogen) atoms. The van der Waals surface area contributed by atoms with Gasteiger partial charge < -0.3 is 10.1 Å². The van der Waals surface area contributed by atoms with E-state index in [9.17, 15) is 4.79 Å². The first-order valence-electron chi connectivity index (χ1n) is 7.34. The first kappa shape index (κ1) is 16.6. The molecule has 0 spiro atoms. The van der Waals surface area contributed by atoms with Crippen LogP contribution in [-0.4, -0.2) is 18.6 Å². The van der Waals surface area contributed by atoms with Crippen LogP contribution in [0.5, 0.6) is 5.75 Å². The van der Waals surface area contributed by atoms with E-state index in [4.69, 9.17) is 16.3 Å². The summed E-state index contributed by atoms with van der Waals surface area (Å²) in [6.07, 6.45) is 3.48. The number of carbonyl (C=O) groups is 1. The zero-order valence-corrected chi connectivity index (χ0v) is 14.7. The number of carbonyl (C=O) groups excluding carboxylic acids is 1. The number of benzene rings is 1. The Hall–Kier alpha value is -0.740. The second-order valence-corrected chi connectivity index (χ2v) is 7.13. The highest BCUT2D eigenvalue weighted by Gasteiger charge is 2.28. The van der Waals surface area contributed by atoms with Gasteiger partial charge in [-0.3, -0.25) is 4.79 Å². The van der Waals surface area contributed by atoms with Crippen LogP contribution in [0.4, 0.5) is 0 Å². The van der Waals surface area contributed by atoms with Crippen molar-refractivity contribution in [1.29, 1.82) is 0 Å². The van der Waals surface area contributed by atoms with Crippen LogP contribution in [0.15, 0.2) is 22.7 Å². The minimum absolute atomic E-state index is 0.00104. The Morgan fingerprint density at radius 2 is 2.19 bits per heavy atom. The molecule has 0 radical (unpaired) electrons. The summed E-state index contributed by atoms with van der Waals surface area (Å²) in [6, 6.07) is 5.60. The van der Waals surface area contributed by atoms with Gasteiger partial charge >= 0.3 is 0 Å². The molecule has 0 aliphatic heterocycles. The third kappa shape index (κ3) is 4.62. The third-order valence-electron chi connectivity index (χ3n) is 4.31. The predicted molar refractivity (Wildman–Crippen MR) is 88.8 cm³/mol. The number of rotatable bonds is 4. The fraction of sp³-hybridized carbons (Fsp3) is 0.562. The highest BCUT2D eigenvalue weighted by molar-refractivity contribution is 9.10. The van der Waals surface area contributed by atoms with Gasteiger partial charge in [0.2, 0.25) is 0 Å². The van der Waals surface area contributed by atoms with Crippen molar-refractivity contribution >= 4 is 33.4 Å². The highest BCUT2D eigenvalue weighted by atomic mass is 79.9. The van der Waals surface area contributed by atoms with Gasteiger partial charge in [-0.25, -0.2) is 0 Å². The van der Waals surface area contributed by atoms with Crippen molar-refractivity contribution in [2.75, 3.05) is 6.61 Å². The number of ether oxygens (including phenoxy) is 1. The molecule has 2 rings (SSSR count). The normalized spacial score (nSPS) is 25.4. The van der Waals surface area contributed by atoms with Crippen LogP contribution in [0.1, 0.15) is 33.1 Å². The van der Waals surface area contributed by atoms with Gasteiger partial charge in [0.25, 0.3) is 5.91 Å². The third-order valence-corrected chi connectivity index (χ3v) is 5.09. The van der Waals surface area contributed by atoms with Gasteiger partial charge in [0.15, 0.2) is 6.61 Å². The molecule has 1 N–H and O–H groups in total.